The van der Waals surface area contributed by atoms with E-state index in [-0.39, 0.29) is 24.3 Å². The number of amides is 3. The van der Waals surface area contributed by atoms with Gasteiger partial charge in [0.25, 0.3) is 0 Å². The number of ether oxygens (including phenoxy) is 1. The number of benzene rings is 1. The lowest BCUT2D eigenvalue weighted by Gasteiger charge is -2.06. The van der Waals surface area contributed by atoms with Crippen LogP contribution in [-0.2, 0) is 11.4 Å². The average molecular weight is 361 g/mol. The molecular weight excluding hydrogens is 342 g/mol. The zero-order chi connectivity index (χ0) is 17.6. The topological polar surface area (TPSA) is 109 Å². The standard InChI is InChI=1S/C16H19N5O3S/c1-10-4-2-3-5-12(10)24-8-13-18-16(21-20-13)25-9-14(22)19-15(23)17-11-6-7-11/h2-5,11H,6-9H2,1H3,(H,18,20,21)(H2,17,19,22,23). The Kier molecular flexibility index (Phi) is 5.54. The Morgan fingerprint density at radius 3 is 2.92 bits per heavy atom. The summed E-state index contributed by atoms with van der Waals surface area (Å²) in [5.74, 6) is 1.03. The second-order valence-electron chi connectivity index (χ2n) is 5.70. The zero-order valence-electron chi connectivity index (χ0n) is 13.7. The lowest BCUT2D eigenvalue weighted by Crippen LogP contribution is -2.41. The van der Waals surface area contributed by atoms with Crippen LogP contribution in [0.4, 0.5) is 4.79 Å². The van der Waals surface area contributed by atoms with Gasteiger partial charge in [-0.25, -0.2) is 9.78 Å². The summed E-state index contributed by atoms with van der Waals surface area (Å²) in [7, 11) is 0. The summed E-state index contributed by atoms with van der Waals surface area (Å²) in [5, 5.41) is 12.2. The van der Waals surface area contributed by atoms with Crippen molar-refractivity contribution in [1.82, 2.24) is 25.8 Å². The van der Waals surface area contributed by atoms with E-state index in [9.17, 15) is 9.59 Å². The number of thioether (sulfide) groups is 1. The normalized spacial score (nSPS) is 13.3. The molecular formula is C16H19N5O3S. The molecule has 3 amide bonds. The number of aryl methyl sites for hydroxylation is 1. The Bertz CT molecular complexity index is 760. The first-order valence-electron chi connectivity index (χ1n) is 7.93. The number of urea groups is 1. The largest absolute Gasteiger partial charge is 0.485 e. The molecule has 0 unspecified atom stereocenters. The van der Waals surface area contributed by atoms with Gasteiger partial charge in [0.2, 0.25) is 11.1 Å². The Morgan fingerprint density at radius 2 is 2.16 bits per heavy atom. The van der Waals surface area contributed by atoms with Gasteiger partial charge in [-0.3, -0.25) is 15.2 Å². The first-order chi connectivity index (χ1) is 12.1. The van der Waals surface area contributed by atoms with Crippen LogP contribution in [-0.4, -0.2) is 38.9 Å². The van der Waals surface area contributed by atoms with E-state index in [2.05, 4.69) is 25.8 Å². The van der Waals surface area contributed by atoms with Gasteiger partial charge < -0.3 is 10.1 Å². The number of aromatic amines is 1. The number of aromatic nitrogens is 3. The smallest absolute Gasteiger partial charge is 0.321 e. The van der Waals surface area contributed by atoms with Gasteiger partial charge in [-0.05, 0) is 31.4 Å². The van der Waals surface area contributed by atoms with Crippen LogP contribution >= 0.6 is 11.8 Å². The van der Waals surface area contributed by atoms with E-state index in [1.54, 1.807) is 0 Å². The summed E-state index contributed by atoms with van der Waals surface area (Å²) in [6.45, 7) is 2.23. The third kappa shape index (κ3) is 5.49. The van der Waals surface area contributed by atoms with E-state index in [4.69, 9.17) is 4.74 Å². The fourth-order valence-electron chi connectivity index (χ4n) is 2.01. The second kappa shape index (κ2) is 8.02. The zero-order valence-corrected chi connectivity index (χ0v) is 14.6. The van der Waals surface area contributed by atoms with Crippen LogP contribution in [0.25, 0.3) is 0 Å². The second-order valence-corrected chi connectivity index (χ2v) is 6.65. The van der Waals surface area contributed by atoms with Gasteiger partial charge in [-0.1, -0.05) is 30.0 Å². The van der Waals surface area contributed by atoms with E-state index in [0.717, 1.165) is 35.9 Å². The molecule has 1 aromatic heterocycles. The van der Waals surface area contributed by atoms with Crippen LogP contribution in [0.1, 0.15) is 24.2 Å². The third-order valence-corrected chi connectivity index (χ3v) is 4.31. The van der Waals surface area contributed by atoms with E-state index >= 15 is 0 Å². The number of para-hydroxylation sites is 1. The van der Waals surface area contributed by atoms with Crippen molar-refractivity contribution in [3.63, 3.8) is 0 Å². The minimum atomic E-state index is -0.449. The Balaban J connectivity index is 1.41. The molecule has 1 aromatic carbocycles. The van der Waals surface area contributed by atoms with Crippen LogP contribution in [0.15, 0.2) is 29.4 Å². The summed E-state index contributed by atoms with van der Waals surface area (Å²) in [6.07, 6.45) is 1.95. The van der Waals surface area contributed by atoms with Gasteiger partial charge in [-0.2, -0.15) is 0 Å². The molecule has 1 fully saturated rings. The Labute approximate surface area is 149 Å². The van der Waals surface area contributed by atoms with Crippen molar-refractivity contribution in [3.05, 3.63) is 35.7 Å². The van der Waals surface area contributed by atoms with Crippen molar-refractivity contribution in [3.8, 4) is 5.75 Å². The monoisotopic (exact) mass is 361 g/mol. The molecule has 1 aliphatic rings. The van der Waals surface area contributed by atoms with Gasteiger partial charge in [-0.15, -0.1) is 5.10 Å². The van der Waals surface area contributed by atoms with Gasteiger partial charge in [0.1, 0.15) is 12.4 Å². The highest BCUT2D eigenvalue weighted by Crippen LogP contribution is 2.19. The van der Waals surface area contributed by atoms with Crippen molar-refractivity contribution >= 4 is 23.7 Å². The SMILES string of the molecule is Cc1ccccc1OCc1nc(SCC(=O)NC(=O)NC2CC2)n[nH]1. The lowest BCUT2D eigenvalue weighted by atomic mass is 10.2. The predicted molar refractivity (Wildman–Crippen MR) is 92.3 cm³/mol. The molecule has 8 nitrogen and oxygen atoms in total. The molecule has 0 spiro atoms. The minimum absolute atomic E-state index is 0.0635. The quantitative estimate of drug-likeness (QED) is 0.649. The summed E-state index contributed by atoms with van der Waals surface area (Å²) in [5.41, 5.74) is 1.04. The molecule has 0 aliphatic heterocycles. The molecule has 3 N–H and O–H groups in total. The van der Waals surface area contributed by atoms with E-state index in [1.165, 1.54) is 0 Å². The number of carbonyl (C=O) groups excluding carboxylic acids is 2. The van der Waals surface area contributed by atoms with Crippen molar-refractivity contribution in [2.75, 3.05) is 5.75 Å². The first kappa shape index (κ1) is 17.3. The summed E-state index contributed by atoms with van der Waals surface area (Å²) >= 11 is 1.15. The number of hydrogen-bond donors (Lipinski definition) is 3. The number of imide groups is 1. The number of nitrogens with one attached hydrogen (secondary N) is 3. The highest BCUT2D eigenvalue weighted by molar-refractivity contribution is 7.99. The van der Waals surface area contributed by atoms with Crippen LogP contribution in [0.5, 0.6) is 5.75 Å². The number of rotatable bonds is 7. The van der Waals surface area contributed by atoms with E-state index in [0.29, 0.717) is 11.0 Å². The molecule has 9 heteroatoms. The number of carbonyl (C=O) groups is 2. The molecule has 1 heterocycles. The van der Waals surface area contributed by atoms with Crippen molar-refractivity contribution in [2.45, 2.75) is 37.6 Å². The predicted octanol–water partition coefficient (Wildman–Crippen LogP) is 1.77. The number of hydrogen-bond acceptors (Lipinski definition) is 6. The maximum Gasteiger partial charge on any atom is 0.321 e. The summed E-state index contributed by atoms with van der Waals surface area (Å²) in [4.78, 5) is 27.4. The molecule has 1 aliphatic carbocycles. The maximum atomic E-state index is 11.7. The number of nitrogens with zero attached hydrogens (tertiary/aromatic N) is 2. The van der Waals surface area contributed by atoms with Crippen molar-refractivity contribution in [2.24, 2.45) is 0 Å². The number of H-pyrrole nitrogens is 1. The van der Waals surface area contributed by atoms with Gasteiger partial charge >= 0.3 is 6.03 Å². The van der Waals surface area contributed by atoms with Crippen LogP contribution in [0, 0.1) is 6.92 Å². The van der Waals surface area contributed by atoms with Crippen molar-refractivity contribution < 1.29 is 14.3 Å². The van der Waals surface area contributed by atoms with Gasteiger partial charge in [0, 0.05) is 6.04 Å². The van der Waals surface area contributed by atoms with E-state index in [1.807, 2.05) is 31.2 Å². The molecule has 0 radical (unpaired) electrons. The molecule has 1 saturated carbocycles. The van der Waals surface area contributed by atoms with Crippen LogP contribution < -0.4 is 15.4 Å². The Morgan fingerprint density at radius 1 is 1.36 bits per heavy atom. The van der Waals surface area contributed by atoms with Crippen molar-refractivity contribution in [1.29, 1.82) is 0 Å². The fraction of sp³-hybridized carbons (Fsp3) is 0.375. The minimum Gasteiger partial charge on any atom is -0.485 e. The molecule has 25 heavy (non-hydrogen) atoms. The Hall–Kier alpha value is -2.55. The molecule has 0 bridgehead atoms. The van der Waals surface area contributed by atoms with Crippen LogP contribution in [0.2, 0.25) is 0 Å². The molecule has 132 valence electrons. The average Bonchev–Trinajstić information content (AvgIpc) is 3.27. The maximum absolute atomic E-state index is 11.7. The van der Waals surface area contributed by atoms with Gasteiger partial charge in [0.15, 0.2) is 5.82 Å². The van der Waals surface area contributed by atoms with E-state index < -0.39 is 6.03 Å². The molecule has 0 saturated heterocycles. The van der Waals surface area contributed by atoms with Gasteiger partial charge in [0.05, 0.1) is 5.75 Å². The lowest BCUT2D eigenvalue weighted by molar-refractivity contribution is -0.117. The highest BCUT2D eigenvalue weighted by atomic mass is 32.2. The summed E-state index contributed by atoms with van der Waals surface area (Å²) in [6, 6.07) is 7.47. The first-order valence-corrected chi connectivity index (χ1v) is 8.91. The fourth-order valence-corrected chi connectivity index (χ4v) is 2.63. The molecule has 0 atom stereocenters. The molecule has 2 aromatic rings. The highest BCUT2D eigenvalue weighted by Gasteiger charge is 2.23. The summed E-state index contributed by atoms with van der Waals surface area (Å²) < 4.78 is 5.68. The van der Waals surface area contributed by atoms with Crippen LogP contribution in [0.3, 0.4) is 0 Å². The third-order valence-electron chi connectivity index (χ3n) is 3.47. The molecule has 3 rings (SSSR count).